The molecule has 12 rings (SSSR count). The van der Waals surface area contributed by atoms with Gasteiger partial charge in [-0.05, 0) is 116 Å². The van der Waals surface area contributed by atoms with Crippen molar-refractivity contribution in [3.63, 3.8) is 0 Å². The second-order valence-electron chi connectivity index (χ2n) is 17.6. The van der Waals surface area contributed by atoms with Gasteiger partial charge >= 0.3 is 0 Å². The lowest BCUT2D eigenvalue weighted by Crippen LogP contribution is -2.42. The Labute approximate surface area is 359 Å². The minimum Gasteiger partial charge on any atom is -0.253 e. The van der Waals surface area contributed by atoms with Gasteiger partial charge in [0.15, 0.2) is 0 Å². The van der Waals surface area contributed by atoms with Crippen molar-refractivity contribution in [1.29, 1.82) is 0 Å². The summed E-state index contributed by atoms with van der Waals surface area (Å²) in [7, 11) is 0. The van der Waals surface area contributed by atoms with Crippen LogP contribution in [0.2, 0.25) is 0 Å². The standard InChI is InChI=1S/C60H47N/c1-5-18-40(19-6-1)44-38-57(41-20-7-2-8-21-41)61-58(39-44)43-33-34-50-48-26-13-14-27-49(48)53-30-17-29-47(59(53)54(50)36-43)42-32-35-52-51-28-15-16-31-55(51)60(56(52)37-42,45-22-9-3-10-23-45)46-24-11-4-12-25-46/h1-18,20-32,35,37-40,43,48,50H,19,33-34,36H2. The topological polar surface area (TPSA) is 12.9 Å². The fourth-order valence-electron chi connectivity index (χ4n) is 11.8. The fourth-order valence-corrected chi connectivity index (χ4v) is 11.8. The van der Waals surface area contributed by atoms with Gasteiger partial charge in [0.2, 0.25) is 0 Å². The zero-order chi connectivity index (χ0) is 40.3. The third kappa shape index (κ3) is 5.78. The lowest BCUT2D eigenvalue weighted by molar-refractivity contribution is 0.414. The largest absolute Gasteiger partial charge is 0.253 e. The SMILES string of the molecule is C1=CCC(c2cc(-c3ccccc3)nc(C3CCC4C(=c5c(-c6ccc7c(c6)C(c6ccccc6)(c6ccccc6)c6ccccc6-7)cccc5=C5C=CC=CC54)C3)c2)C=C1. The molecule has 1 heteroatoms. The van der Waals surface area contributed by atoms with Crippen LogP contribution in [-0.4, -0.2) is 4.98 Å². The normalized spacial score (nSPS) is 21.3. The van der Waals surface area contributed by atoms with Gasteiger partial charge in [-0.2, -0.15) is 0 Å². The Bertz CT molecular complexity index is 3050. The first-order valence-corrected chi connectivity index (χ1v) is 22.2. The molecule has 61 heavy (non-hydrogen) atoms. The van der Waals surface area contributed by atoms with Crippen molar-refractivity contribution in [3.8, 4) is 33.5 Å². The van der Waals surface area contributed by atoms with E-state index in [0.717, 1.165) is 31.4 Å². The molecule has 1 saturated carbocycles. The van der Waals surface area contributed by atoms with Gasteiger partial charge < -0.3 is 0 Å². The predicted octanol–water partition coefficient (Wildman–Crippen LogP) is 13.0. The second kappa shape index (κ2) is 14.7. The van der Waals surface area contributed by atoms with Gasteiger partial charge in [-0.1, -0.05) is 200 Å². The van der Waals surface area contributed by atoms with Gasteiger partial charge in [0.25, 0.3) is 0 Å². The first kappa shape index (κ1) is 36.1. The highest BCUT2D eigenvalue weighted by atomic mass is 14.7. The molecule has 0 radical (unpaired) electrons. The van der Waals surface area contributed by atoms with Crippen molar-refractivity contribution in [2.24, 2.45) is 11.8 Å². The molecule has 0 amide bonds. The molecule has 4 atom stereocenters. The molecule has 0 saturated heterocycles. The predicted molar refractivity (Wildman–Crippen MR) is 252 cm³/mol. The monoisotopic (exact) mass is 781 g/mol. The molecule has 292 valence electrons. The summed E-state index contributed by atoms with van der Waals surface area (Å²) >= 11 is 0. The van der Waals surface area contributed by atoms with Gasteiger partial charge in [0, 0.05) is 29.0 Å². The Morgan fingerprint density at radius 2 is 1.26 bits per heavy atom. The van der Waals surface area contributed by atoms with Crippen LogP contribution in [0, 0.1) is 11.8 Å². The molecule has 1 nitrogen and oxygen atoms in total. The van der Waals surface area contributed by atoms with Crippen molar-refractivity contribution in [1.82, 2.24) is 4.98 Å². The summed E-state index contributed by atoms with van der Waals surface area (Å²) in [6, 6.07) is 61.5. The van der Waals surface area contributed by atoms with Crippen molar-refractivity contribution in [2.45, 2.75) is 42.9 Å². The van der Waals surface area contributed by atoms with Gasteiger partial charge in [-0.15, -0.1) is 0 Å². The second-order valence-corrected chi connectivity index (χ2v) is 17.6. The summed E-state index contributed by atoms with van der Waals surface area (Å²) < 4.78 is 0. The van der Waals surface area contributed by atoms with E-state index >= 15 is 0 Å². The zero-order valence-corrected chi connectivity index (χ0v) is 34.3. The lowest BCUT2D eigenvalue weighted by Gasteiger charge is -2.39. The van der Waals surface area contributed by atoms with Crippen molar-refractivity contribution in [3.05, 3.63) is 256 Å². The van der Waals surface area contributed by atoms with Crippen LogP contribution in [0.5, 0.6) is 0 Å². The number of benzene rings is 6. The number of rotatable bonds is 6. The average Bonchev–Trinajstić information content (AvgIpc) is 3.65. The van der Waals surface area contributed by atoms with E-state index in [1.807, 2.05) is 0 Å². The molecule has 6 aromatic carbocycles. The van der Waals surface area contributed by atoms with Crippen LogP contribution in [0.25, 0.3) is 44.7 Å². The highest BCUT2D eigenvalue weighted by Crippen LogP contribution is 2.57. The van der Waals surface area contributed by atoms with Crippen LogP contribution in [0.4, 0.5) is 0 Å². The fraction of sp³-hybridized carbons (Fsp3) is 0.150. The molecule has 0 bridgehead atoms. The number of fused-ring (bicyclic) bond motifs is 7. The molecule has 5 aliphatic carbocycles. The highest BCUT2D eigenvalue weighted by molar-refractivity contribution is 5.89. The number of pyridine rings is 1. The molecule has 4 unspecified atom stereocenters. The Morgan fingerprint density at radius 3 is 2.05 bits per heavy atom. The van der Waals surface area contributed by atoms with E-state index in [0.29, 0.717) is 23.7 Å². The molecule has 7 aromatic rings. The van der Waals surface area contributed by atoms with E-state index in [-0.39, 0.29) is 0 Å². The van der Waals surface area contributed by atoms with E-state index in [1.165, 1.54) is 77.3 Å². The van der Waals surface area contributed by atoms with E-state index in [4.69, 9.17) is 4.98 Å². The quantitative estimate of drug-likeness (QED) is 0.164. The summed E-state index contributed by atoms with van der Waals surface area (Å²) in [5.41, 5.74) is 18.1. The number of hydrogen-bond donors (Lipinski definition) is 0. The highest BCUT2D eigenvalue weighted by Gasteiger charge is 2.46. The Hall–Kier alpha value is -6.83. The first-order valence-electron chi connectivity index (χ1n) is 22.2. The van der Waals surface area contributed by atoms with Crippen LogP contribution in [0.3, 0.4) is 0 Å². The summed E-state index contributed by atoms with van der Waals surface area (Å²) in [4.78, 5) is 5.52. The molecular formula is C60H47N. The van der Waals surface area contributed by atoms with Crippen LogP contribution in [0.1, 0.15) is 71.0 Å². The molecule has 1 fully saturated rings. The van der Waals surface area contributed by atoms with Crippen molar-refractivity contribution in [2.75, 3.05) is 0 Å². The number of nitrogens with zero attached hydrogens (tertiary/aromatic N) is 1. The zero-order valence-electron chi connectivity index (χ0n) is 34.3. The summed E-state index contributed by atoms with van der Waals surface area (Å²) in [5.74, 6) is 1.54. The van der Waals surface area contributed by atoms with Gasteiger partial charge in [0.1, 0.15) is 0 Å². The number of allylic oxidation sites excluding steroid dienone is 8. The molecule has 0 N–H and O–H groups in total. The maximum Gasteiger partial charge on any atom is 0.0713 e. The third-order valence-electron chi connectivity index (χ3n) is 14.5. The van der Waals surface area contributed by atoms with Crippen LogP contribution in [-0.2, 0) is 5.41 Å². The van der Waals surface area contributed by atoms with Gasteiger partial charge in [-0.25, -0.2) is 0 Å². The van der Waals surface area contributed by atoms with Crippen LogP contribution < -0.4 is 10.4 Å². The molecule has 1 aromatic heterocycles. The van der Waals surface area contributed by atoms with Crippen LogP contribution >= 0.6 is 0 Å². The molecule has 0 aliphatic heterocycles. The Balaban J connectivity index is 1.07. The smallest absolute Gasteiger partial charge is 0.0713 e. The molecule has 5 aliphatic rings. The summed E-state index contributed by atoms with van der Waals surface area (Å²) in [5, 5.41) is 2.84. The maximum atomic E-state index is 5.52. The molecular weight excluding hydrogens is 735 g/mol. The van der Waals surface area contributed by atoms with Crippen molar-refractivity contribution >= 4 is 11.1 Å². The third-order valence-corrected chi connectivity index (χ3v) is 14.5. The minimum atomic E-state index is -0.446. The summed E-state index contributed by atoms with van der Waals surface area (Å²) in [6.07, 6.45) is 22.8. The van der Waals surface area contributed by atoms with Crippen LogP contribution in [0.15, 0.2) is 212 Å². The maximum absolute atomic E-state index is 5.52. The van der Waals surface area contributed by atoms with Gasteiger partial charge in [-0.3, -0.25) is 4.98 Å². The van der Waals surface area contributed by atoms with Gasteiger partial charge in [0.05, 0.1) is 11.1 Å². The Morgan fingerprint density at radius 1 is 0.541 bits per heavy atom. The van der Waals surface area contributed by atoms with E-state index in [2.05, 4.69) is 212 Å². The number of hydrogen-bond acceptors (Lipinski definition) is 1. The first-order chi connectivity index (χ1) is 30.3. The molecule has 1 heterocycles. The van der Waals surface area contributed by atoms with E-state index in [9.17, 15) is 0 Å². The molecule has 0 spiro atoms. The summed E-state index contributed by atoms with van der Waals surface area (Å²) in [6.45, 7) is 0. The lowest BCUT2D eigenvalue weighted by atomic mass is 9.64. The van der Waals surface area contributed by atoms with E-state index < -0.39 is 5.41 Å². The van der Waals surface area contributed by atoms with Crippen molar-refractivity contribution < 1.29 is 0 Å². The minimum absolute atomic E-state index is 0.334. The van der Waals surface area contributed by atoms with E-state index in [1.54, 1.807) is 5.57 Å². The average molecular weight is 782 g/mol. The number of aromatic nitrogens is 1. The Kier molecular flexibility index (Phi) is 8.70.